The number of halogens is 1. The smallest absolute Gasteiger partial charge is 0.243 e. The lowest BCUT2D eigenvalue weighted by atomic mass is 9.94. The second kappa shape index (κ2) is 14.4. The van der Waals surface area contributed by atoms with Crippen LogP contribution < -0.4 is 5.32 Å². The molecule has 200 valence electrons. The summed E-state index contributed by atoms with van der Waals surface area (Å²) in [6.07, 6.45) is 5.92. The average molecular weight is 549 g/mol. The minimum atomic E-state index is -0.623. The second-order valence-electron chi connectivity index (χ2n) is 10.1. The Morgan fingerprint density at radius 1 is 0.921 bits per heavy atom. The molecule has 0 saturated heterocycles. The molecule has 0 bridgehead atoms. The molecule has 1 aliphatic carbocycles. The van der Waals surface area contributed by atoms with Gasteiger partial charge in [-0.25, -0.2) is 0 Å². The molecule has 3 aromatic carbocycles. The van der Waals surface area contributed by atoms with Crippen molar-refractivity contribution in [3.05, 3.63) is 106 Å². The Morgan fingerprint density at radius 3 is 2.29 bits per heavy atom. The maximum absolute atomic E-state index is 13.8. The van der Waals surface area contributed by atoms with E-state index in [4.69, 9.17) is 11.6 Å². The van der Waals surface area contributed by atoms with Gasteiger partial charge in [0.2, 0.25) is 11.8 Å². The number of hydrogen-bond acceptors (Lipinski definition) is 3. The molecular formula is C32H37ClN2O2S. The second-order valence-corrected chi connectivity index (χ2v) is 11.5. The predicted molar refractivity (Wildman–Crippen MR) is 158 cm³/mol. The molecule has 1 fully saturated rings. The van der Waals surface area contributed by atoms with Gasteiger partial charge >= 0.3 is 0 Å². The van der Waals surface area contributed by atoms with Crippen LogP contribution in [-0.2, 0) is 28.3 Å². The number of thioether (sulfide) groups is 1. The summed E-state index contributed by atoms with van der Waals surface area (Å²) in [6.45, 7) is 2.38. The summed E-state index contributed by atoms with van der Waals surface area (Å²) in [5.74, 6) is 0.907. The highest BCUT2D eigenvalue weighted by molar-refractivity contribution is 7.99. The van der Waals surface area contributed by atoms with Crippen LogP contribution in [0.15, 0.2) is 78.9 Å². The molecule has 0 unspecified atom stereocenters. The van der Waals surface area contributed by atoms with E-state index in [1.807, 2.05) is 66.7 Å². The lowest BCUT2D eigenvalue weighted by Gasteiger charge is -2.33. The molecule has 0 aromatic heterocycles. The van der Waals surface area contributed by atoms with Gasteiger partial charge in [0.15, 0.2) is 0 Å². The first-order valence-electron chi connectivity index (χ1n) is 13.5. The van der Waals surface area contributed by atoms with E-state index in [9.17, 15) is 9.59 Å². The standard InChI is InChI=1S/C32H37ClN2O2S/c1-24-12-8-9-16-27(24)22-38-23-31(36)35(21-26-15-10-11-19-29(26)33)30(20-25-13-4-2-5-14-25)32(37)34-28-17-6-3-7-18-28/h2,4-5,8-16,19,28,30H,3,6-7,17-18,20-23H2,1H3,(H,34,37)/t30-/m0/s1. The van der Waals surface area contributed by atoms with E-state index in [0.717, 1.165) is 42.6 Å². The Morgan fingerprint density at radius 2 is 1.58 bits per heavy atom. The number of benzene rings is 3. The first-order valence-corrected chi connectivity index (χ1v) is 15.0. The van der Waals surface area contributed by atoms with Gasteiger partial charge in [0, 0.05) is 29.8 Å². The van der Waals surface area contributed by atoms with Crippen molar-refractivity contribution in [2.75, 3.05) is 5.75 Å². The third-order valence-corrected chi connectivity index (χ3v) is 8.60. The number of aryl methyl sites for hydroxylation is 1. The minimum Gasteiger partial charge on any atom is -0.352 e. The zero-order valence-corrected chi connectivity index (χ0v) is 23.6. The highest BCUT2D eigenvalue weighted by Crippen LogP contribution is 2.24. The largest absolute Gasteiger partial charge is 0.352 e. The van der Waals surface area contributed by atoms with E-state index >= 15 is 0 Å². The lowest BCUT2D eigenvalue weighted by Crippen LogP contribution is -2.53. The van der Waals surface area contributed by atoms with Gasteiger partial charge < -0.3 is 10.2 Å². The van der Waals surface area contributed by atoms with E-state index in [-0.39, 0.29) is 17.9 Å². The predicted octanol–water partition coefficient (Wildman–Crippen LogP) is 6.97. The fourth-order valence-corrected chi connectivity index (χ4v) is 6.19. The van der Waals surface area contributed by atoms with Gasteiger partial charge in [-0.15, -0.1) is 11.8 Å². The van der Waals surface area contributed by atoms with Crippen LogP contribution in [0.5, 0.6) is 0 Å². The van der Waals surface area contributed by atoms with E-state index in [1.165, 1.54) is 17.5 Å². The van der Waals surface area contributed by atoms with Crippen LogP contribution >= 0.6 is 23.4 Å². The van der Waals surface area contributed by atoms with E-state index in [0.29, 0.717) is 23.7 Å². The topological polar surface area (TPSA) is 49.4 Å². The van der Waals surface area contributed by atoms with Gasteiger partial charge in [0.1, 0.15) is 6.04 Å². The maximum Gasteiger partial charge on any atom is 0.243 e. The number of amides is 2. The molecule has 1 N–H and O–H groups in total. The summed E-state index contributed by atoms with van der Waals surface area (Å²) >= 11 is 8.12. The zero-order chi connectivity index (χ0) is 26.7. The Bertz CT molecular complexity index is 1200. The van der Waals surface area contributed by atoms with E-state index in [2.05, 4.69) is 24.4 Å². The fourth-order valence-electron chi connectivity index (χ4n) is 5.01. The molecule has 0 spiro atoms. The van der Waals surface area contributed by atoms with Crippen molar-refractivity contribution < 1.29 is 9.59 Å². The van der Waals surface area contributed by atoms with Gasteiger partial charge in [-0.3, -0.25) is 9.59 Å². The van der Waals surface area contributed by atoms with E-state index in [1.54, 1.807) is 16.7 Å². The lowest BCUT2D eigenvalue weighted by molar-refractivity contribution is -0.139. The van der Waals surface area contributed by atoms with Crippen molar-refractivity contribution in [3.63, 3.8) is 0 Å². The molecule has 0 radical (unpaired) electrons. The van der Waals surface area contributed by atoms with Crippen molar-refractivity contribution in [3.8, 4) is 0 Å². The number of carbonyl (C=O) groups excluding carboxylic acids is 2. The molecule has 2 amide bonds. The van der Waals surface area contributed by atoms with Gasteiger partial charge in [-0.1, -0.05) is 104 Å². The normalized spacial score (nSPS) is 14.6. The Hall–Kier alpha value is -2.76. The summed E-state index contributed by atoms with van der Waals surface area (Å²) < 4.78 is 0. The van der Waals surface area contributed by atoms with Gasteiger partial charge in [-0.05, 0) is 48.1 Å². The quantitative estimate of drug-likeness (QED) is 0.281. The highest BCUT2D eigenvalue weighted by atomic mass is 35.5. The minimum absolute atomic E-state index is 0.0526. The first-order chi connectivity index (χ1) is 18.5. The molecule has 6 heteroatoms. The van der Waals surface area contributed by atoms with E-state index < -0.39 is 6.04 Å². The number of rotatable bonds is 11. The summed E-state index contributed by atoms with van der Waals surface area (Å²) in [5, 5.41) is 3.89. The van der Waals surface area contributed by atoms with Crippen LogP contribution in [-0.4, -0.2) is 34.6 Å². The SMILES string of the molecule is Cc1ccccc1CSCC(=O)N(Cc1ccccc1Cl)[C@@H](Cc1ccccc1)C(=O)NC1CCCCC1. The first kappa shape index (κ1) is 28.3. The molecule has 38 heavy (non-hydrogen) atoms. The molecular weight excluding hydrogens is 512 g/mol. The molecule has 4 rings (SSSR count). The molecule has 1 atom stereocenters. The molecule has 1 saturated carbocycles. The van der Waals surface area contributed by atoms with Crippen LogP contribution in [0.3, 0.4) is 0 Å². The molecule has 0 aliphatic heterocycles. The van der Waals surface area contributed by atoms with Crippen molar-refractivity contribution in [2.24, 2.45) is 0 Å². The van der Waals surface area contributed by atoms with Crippen LogP contribution in [0.4, 0.5) is 0 Å². The number of nitrogens with one attached hydrogen (secondary N) is 1. The summed E-state index contributed by atoms with van der Waals surface area (Å²) in [5.41, 5.74) is 4.31. The number of hydrogen-bond donors (Lipinski definition) is 1. The summed E-state index contributed by atoms with van der Waals surface area (Å²) in [6, 6.07) is 25.3. The van der Waals surface area contributed by atoms with Crippen LogP contribution in [0.1, 0.15) is 54.4 Å². The third-order valence-electron chi connectivity index (χ3n) is 7.27. The van der Waals surface area contributed by atoms with Gasteiger partial charge in [0.25, 0.3) is 0 Å². The van der Waals surface area contributed by atoms with Crippen molar-refractivity contribution >= 4 is 35.2 Å². The summed E-state index contributed by atoms with van der Waals surface area (Å²) in [4.78, 5) is 29.4. The van der Waals surface area contributed by atoms with Crippen LogP contribution in [0, 0.1) is 6.92 Å². The monoisotopic (exact) mass is 548 g/mol. The van der Waals surface area contributed by atoms with Crippen molar-refractivity contribution in [2.45, 2.75) is 69.8 Å². The van der Waals surface area contributed by atoms with Gasteiger partial charge in [0.05, 0.1) is 5.75 Å². The Kier molecular flexibility index (Phi) is 10.7. The van der Waals surface area contributed by atoms with Crippen LogP contribution in [0.2, 0.25) is 5.02 Å². The van der Waals surface area contributed by atoms with Gasteiger partial charge in [-0.2, -0.15) is 0 Å². The molecule has 3 aromatic rings. The highest BCUT2D eigenvalue weighted by Gasteiger charge is 2.32. The Labute approximate surface area is 236 Å². The average Bonchev–Trinajstić information content (AvgIpc) is 2.93. The van der Waals surface area contributed by atoms with Crippen molar-refractivity contribution in [1.29, 1.82) is 0 Å². The maximum atomic E-state index is 13.8. The van der Waals surface area contributed by atoms with Crippen LogP contribution in [0.25, 0.3) is 0 Å². The fraction of sp³-hybridized carbons (Fsp3) is 0.375. The zero-order valence-electron chi connectivity index (χ0n) is 22.1. The molecule has 0 heterocycles. The number of nitrogens with zero attached hydrogens (tertiary/aromatic N) is 1. The number of carbonyl (C=O) groups is 2. The Balaban J connectivity index is 1.58. The molecule has 4 nitrogen and oxygen atoms in total. The summed E-state index contributed by atoms with van der Waals surface area (Å²) in [7, 11) is 0. The van der Waals surface area contributed by atoms with Crippen molar-refractivity contribution in [1.82, 2.24) is 10.2 Å². The molecule has 1 aliphatic rings. The third kappa shape index (κ3) is 8.12.